The minimum absolute atomic E-state index is 0.0575. The van der Waals surface area contributed by atoms with E-state index in [1.807, 2.05) is 6.92 Å². The summed E-state index contributed by atoms with van der Waals surface area (Å²) in [5.41, 5.74) is 4.12. The minimum atomic E-state index is -0.477. The zero-order chi connectivity index (χ0) is 12.3. The first-order valence-corrected chi connectivity index (χ1v) is 5.33. The van der Waals surface area contributed by atoms with Gasteiger partial charge in [-0.05, 0) is 24.6 Å². The third kappa shape index (κ3) is 3.00. The molecule has 2 N–H and O–H groups in total. The van der Waals surface area contributed by atoms with Gasteiger partial charge in [-0.1, -0.05) is 22.5 Å². The Morgan fingerprint density at radius 2 is 2.19 bits per heavy atom. The van der Waals surface area contributed by atoms with Crippen LogP contribution in [-0.4, -0.2) is 11.1 Å². The summed E-state index contributed by atoms with van der Waals surface area (Å²) in [5, 5.41) is 9.68. The van der Waals surface area contributed by atoms with Crippen LogP contribution in [0.2, 0.25) is 0 Å². The molecule has 1 aromatic rings. The van der Waals surface area contributed by atoms with E-state index in [4.69, 9.17) is 0 Å². The Labute approximate surface area is 102 Å². The number of hydrogen-bond donors (Lipinski definition) is 2. The topological polar surface area (TPSA) is 58.6 Å². The molecule has 0 unspecified atom stereocenters. The Kier molecular flexibility index (Phi) is 3.95. The highest BCUT2D eigenvalue weighted by atomic mass is 79.9. The van der Waals surface area contributed by atoms with E-state index in [2.05, 4.69) is 32.8 Å². The van der Waals surface area contributed by atoms with E-state index in [9.17, 15) is 9.90 Å². The fraction of sp³-hybridized carbons (Fsp3) is 0.182. The van der Waals surface area contributed by atoms with Crippen molar-refractivity contribution in [1.29, 1.82) is 0 Å². The molecule has 0 saturated carbocycles. The molecular weight excluding hydrogens is 274 g/mol. The monoisotopic (exact) mass is 285 g/mol. The van der Waals surface area contributed by atoms with Crippen LogP contribution in [0.25, 0.3) is 5.70 Å². The van der Waals surface area contributed by atoms with Gasteiger partial charge >= 0.3 is 5.97 Å². The second kappa shape index (κ2) is 5.03. The zero-order valence-electron chi connectivity index (χ0n) is 9.00. The first kappa shape index (κ1) is 12.6. The number of carbonyl (C=O) groups excluding carboxylic acids is 1. The largest absolute Gasteiger partial charge is 0.507 e. The van der Waals surface area contributed by atoms with Crippen LogP contribution in [-0.2, 0) is 9.63 Å². The molecule has 1 rings (SSSR count). The lowest BCUT2D eigenvalue weighted by Crippen LogP contribution is -2.15. The number of halogens is 1. The van der Waals surface area contributed by atoms with Crippen molar-refractivity contribution in [1.82, 2.24) is 5.48 Å². The number of aromatic hydroxyl groups is 1. The van der Waals surface area contributed by atoms with Crippen molar-refractivity contribution in [3.8, 4) is 5.75 Å². The predicted molar refractivity (Wildman–Crippen MR) is 64.5 cm³/mol. The molecule has 0 bridgehead atoms. The van der Waals surface area contributed by atoms with Gasteiger partial charge in [0.1, 0.15) is 5.75 Å². The van der Waals surface area contributed by atoms with Crippen LogP contribution in [0, 0.1) is 6.92 Å². The van der Waals surface area contributed by atoms with Crippen LogP contribution in [0.5, 0.6) is 5.75 Å². The molecule has 1 aromatic carbocycles. The molecule has 0 aliphatic carbocycles. The molecule has 86 valence electrons. The lowest BCUT2D eigenvalue weighted by Gasteiger charge is -2.11. The van der Waals surface area contributed by atoms with Gasteiger partial charge in [-0.15, -0.1) is 0 Å². The number of benzene rings is 1. The number of carbonyl (C=O) groups is 1. The Morgan fingerprint density at radius 1 is 1.56 bits per heavy atom. The summed E-state index contributed by atoms with van der Waals surface area (Å²) in [4.78, 5) is 15.2. The maximum Gasteiger partial charge on any atom is 0.329 e. The van der Waals surface area contributed by atoms with Gasteiger partial charge in [0, 0.05) is 17.0 Å². The van der Waals surface area contributed by atoms with E-state index >= 15 is 0 Å². The lowest BCUT2D eigenvalue weighted by atomic mass is 10.1. The van der Waals surface area contributed by atoms with E-state index in [1.165, 1.54) is 6.92 Å². The smallest absolute Gasteiger partial charge is 0.329 e. The molecule has 0 fully saturated rings. The van der Waals surface area contributed by atoms with Gasteiger partial charge < -0.3 is 9.94 Å². The van der Waals surface area contributed by atoms with Crippen molar-refractivity contribution in [2.24, 2.45) is 0 Å². The van der Waals surface area contributed by atoms with Crippen LogP contribution in [0.1, 0.15) is 18.1 Å². The van der Waals surface area contributed by atoms with Gasteiger partial charge in [0.05, 0.1) is 5.70 Å². The van der Waals surface area contributed by atoms with E-state index in [0.29, 0.717) is 11.3 Å². The normalized spacial score (nSPS) is 9.69. The summed E-state index contributed by atoms with van der Waals surface area (Å²) >= 11 is 3.30. The molecule has 0 saturated heterocycles. The summed E-state index contributed by atoms with van der Waals surface area (Å²) in [6.45, 7) is 6.82. The van der Waals surface area contributed by atoms with Crippen molar-refractivity contribution in [3.63, 3.8) is 0 Å². The van der Waals surface area contributed by atoms with Crippen molar-refractivity contribution < 1.29 is 14.7 Å². The number of nitrogens with one attached hydrogen (secondary N) is 1. The molecule has 4 nitrogen and oxygen atoms in total. The highest BCUT2D eigenvalue weighted by Crippen LogP contribution is 2.29. The van der Waals surface area contributed by atoms with Crippen LogP contribution >= 0.6 is 15.9 Å². The number of phenols is 1. The van der Waals surface area contributed by atoms with Gasteiger partial charge in [0.15, 0.2) is 0 Å². The Balaban J connectivity index is 2.91. The van der Waals surface area contributed by atoms with Crippen LogP contribution in [0.15, 0.2) is 23.2 Å². The van der Waals surface area contributed by atoms with Gasteiger partial charge in [0.25, 0.3) is 0 Å². The van der Waals surface area contributed by atoms with E-state index < -0.39 is 5.97 Å². The summed E-state index contributed by atoms with van der Waals surface area (Å²) in [7, 11) is 0. The Hall–Kier alpha value is -1.49. The molecule has 0 aromatic heterocycles. The van der Waals surface area contributed by atoms with E-state index in [0.717, 1.165) is 10.0 Å². The van der Waals surface area contributed by atoms with Crippen LogP contribution < -0.4 is 5.48 Å². The molecule has 0 radical (unpaired) electrons. The second-order valence-corrected chi connectivity index (χ2v) is 4.15. The number of phenolic OH excluding ortho intramolecular Hbond substituents is 1. The third-order valence-electron chi connectivity index (χ3n) is 1.92. The third-order valence-corrected chi connectivity index (χ3v) is 2.77. The van der Waals surface area contributed by atoms with E-state index in [1.54, 1.807) is 12.1 Å². The average molecular weight is 286 g/mol. The fourth-order valence-electron chi connectivity index (χ4n) is 1.10. The average Bonchev–Trinajstić information content (AvgIpc) is 2.20. The van der Waals surface area contributed by atoms with Gasteiger partial charge in [0.2, 0.25) is 0 Å². The number of aryl methyl sites for hydroxylation is 1. The molecular formula is C11H12BrNO3. The molecule has 0 aliphatic heterocycles. The molecule has 0 amide bonds. The van der Waals surface area contributed by atoms with Crippen LogP contribution in [0.3, 0.4) is 0 Å². The second-order valence-electron chi connectivity index (χ2n) is 3.29. The fourth-order valence-corrected chi connectivity index (χ4v) is 1.43. The number of hydrogen-bond acceptors (Lipinski definition) is 4. The van der Waals surface area contributed by atoms with Crippen molar-refractivity contribution in [3.05, 3.63) is 34.3 Å². The first-order chi connectivity index (χ1) is 7.41. The molecule has 0 atom stereocenters. The maximum absolute atomic E-state index is 10.6. The lowest BCUT2D eigenvalue weighted by molar-refractivity contribution is -0.145. The maximum atomic E-state index is 10.6. The van der Waals surface area contributed by atoms with Crippen molar-refractivity contribution in [2.45, 2.75) is 13.8 Å². The SMILES string of the molecule is C=C(NOC(C)=O)c1cc(C)c(Br)cc1O. The zero-order valence-corrected chi connectivity index (χ0v) is 10.6. The summed E-state index contributed by atoms with van der Waals surface area (Å²) in [5.74, 6) is -0.420. The predicted octanol–water partition coefficient (Wildman–Crippen LogP) is 2.50. The molecule has 5 heteroatoms. The first-order valence-electron chi connectivity index (χ1n) is 4.53. The van der Waals surface area contributed by atoms with Crippen molar-refractivity contribution >= 4 is 27.6 Å². The number of rotatable bonds is 3. The molecule has 16 heavy (non-hydrogen) atoms. The quantitative estimate of drug-likeness (QED) is 0.838. The summed E-state index contributed by atoms with van der Waals surface area (Å²) in [6.07, 6.45) is 0. The highest BCUT2D eigenvalue weighted by Gasteiger charge is 2.09. The van der Waals surface area contributed by atoms with Gasteiger partial charge in [-0.2, -0.15) is 0 Å². The molecule has 0 spiro atoms. The molecule has 0 heterocycles. The Bertz CT molecular complexity index is 443. The van der Waals surface area contributed by atoms with Gasteiger partial charge in [-0.3, -0.25) is 4.79 Å². The summed E-state index contributed by atoms with van der Waals surface area (Å²) < 4.78 is 0.800. The van der Waals surface area contributed by atoms with Crippen LogP contribution in [0.4, 0.5) is 0 Å². The number of hydroxylamine groups is 1. The van der Waals surface area contributed by atoms with Gasteiger partial charge in [-0.25, -0.2) is 5.48 Å². The highest BCUT2D eigenvalue weighted by molar-refractivity contribution is 9.10. The Morgan fingerprint density at radius 3 is 2.75 bits per heavy atom. The minimum Gasteiger partial charge on any atom is -0.507 e. The van der Waals surface area contributed by atoms with E-state index in [-0.39, 0.29) is 5.75 Å². The van der Waals surface area contributed by atoms with Crippen molar-refractivity contribution in [2.75, 3.05) is 0 Å². The standard InChI is InChI=1S/C11H12BrNO3/c1-6-4-9(11(15)5-10(6)12)7(2)13-16-8(3)14/h4-5,13,15H,2H2,1,3H3. The molecule has 0 aliphatic rings. The summed E-state index contributed by atoms with van der Waals surface area (Å²) in [6, 6.07) is 3.30.